The summed E-state index contributed by atoms with van der Waals surface area (Å²) in [6.07, 6.45) is 1.28. The Morgan fingerprint density at radius 3 is 2.50 bits per heavy atom. The van der Waals surface area contributed by atoms with Gasteiger partial charge < -0.3 is 10.2 Å². The molecular formula is C12H26N2. The van der Waals surface area contributed by atoms with E-state index in [2.05, 4.69) is 44.8 Å². The lowest BCUT2D eigenvalue weighted by molar-refractivity contribution is 0.169. The van der Waals surface area contributed by atoms with Crippen LogP contribution in [0.1, 0.15) is 41.0 Å². The summed E-state index contributed by atoms with van der Waals surface area (Å²) in [6, 6.07) is 0. The number of hydrogen-bond donors (Lipinski definition) is 1. The highest BCUT2D eigenvalue weighted by atomic mass is 15.2. The minimum atomic E-state index is 0.280. The lowest BCUT2D eigenvalue weighted by Crippen LogP contribution is -2.47. The number of hydrogen-bond acceptors (Lipinski definition) is 2. The fraction of sp³-hybridized carbons (Fsp3) is 1.00. The minimum absolute atomic E-state index is 0.280. The van der Waals surface area contributed by atoms with Gasteiger partial charge in [0, 0.05) is 18.6 Å². The van der Waals surface area contributed by atoms with Crippen LogP contribution in [0.3, 0.4) is 0 Å². The number of nitrogens with zero attached hydrogens (tertiary/aromatic N) is 1. The molecule has 84 valence electrons. The largest absolute Gasteiger partial charge is 0.310 e. The molecule has 0 aromatic carbocycles. The smallest absolute Gasteiger partial charge is 0.0252 e. The lowest BCUT2D eigenvalue weighted by Gasteiger charge is -2.34. The maximum atomic E-state index is 3.59. The third kappa shape index (κ3) is 4.43. The van der Waals surface area contributed by atoms with E-state index in [1.165, 1.54) is 26.1 Å². The molecule has 1 rings (SSSR count). The molecule has 1 saturated heterocycles. The molecule has 0 aromatic rings. The molecule has 0 saturated carbocycles. The summed E-state index contributed by atoms with van der Waals surface area (Å²) in [6.45, 7) is 16.3. The molecule has 0 radical (unpaired) electrons. The highest BCUT2D eigenvalue weighted by Gasteiger charge is 2.26. The van der Waals surface area contributed by atoms with Gasteiger partial charge in [-0.15, -0.1) is 0 Å². The fourth-order valence-electron chi connectivity index (χ4n) is 2.23. The van der Waals surface area contributed by atoms with Gasteiger partial charge in [-0.25, -0.2) is 0 Å². The van der Waals surface area contributed by atoms with Crippen LogP contribution in [-0.2, 0) is 0 Å². The molecule has 0 aliphatic carbocycles. The van der Waals surface area contributed by atoms with Gasteiger partial charge in [0.25, 0.3) is 0 Å². The van der Waals surface area contributed by atoms with Crippen LogP contribution in [0.5, 0.6) is 0 Å². The van der Waals surface area contributed by atoms with Crippen LogP contribution in [0.25, 0.3) is 0 Å². The molecule has 0 bridgehead atoms. The average Bonchev–Trinajstić information content (AvgIpc) is 2.06. The monoisotopic (exact) mass is 198 g/mol. The standard InChI is InChI=1S/C12H26N2/c1-11(2,3)9-14-8-6-7-13-12(4,5)10-14/h13H,6-10H2,1-5H3. The van der Waals surface area contributed by atoms with Gasteiger partial charge in [0.05, 0.1) is 0 Å². The normalized spacial score (nSPS) is 24.6. The van der Waals surface area contributed by atoms with Gasteiger partial charge in [-0.1, -0.05) is 20.8 Å². The zero-order valence-electron chi connectivity index (χ0n) is 10.5. The van der Waals surface area contributed by atoms with Crippen LogP contribution in [0, 0.1) is 5.41 Å². The van der Waals surface area contributed by atoms with Gasteiger partial charge in [0.15, 0.2) is 0 Å². The van der Waals surface area contributed by atoms with E-state index in [0.29, 0.717) is 5.41 Å². The van der Waals surface area contributed by atoms with E-state index in [-0.39, 0.29) is 5.54 Å². The van der Waals surface area contributed by atoms with Crippen molar-refractivity contribution in [2.75, 3.05) is 26.2 Å². The van der Waals surface area contributed by atoms with E-state index in [4.69, 9.17) is 0 Å². The summed E-state index contributed by atoms with van der Waals surface area (Å²) >= 11 is 0. The van der Waals surface area contributed by atoms with Gasteiger partial charge in [-0.3, -0.25) is 0 Å². The topological polar surface area (TPSA) is 15.3 Å². The van der Waals surface area contributed by atoms with Gasteiger partial charge in [-0.2, -0.15) is 0 Å². The maximum Gasteiger partial charge on any atom is 0.0252 e. The second kappa shape index (κ2) is 4.19. The molecule has 14 heavy (non-hydrogen) atoms. The Hall–Kier alpha value is -0.0800. The molecule has 0 unspecified atom stereocenters. The Kier molecular flexibility index (Phi) is 3.59. The highest BCUT2D eigenvalue weighted by molar-refractivity contribution is 4.86. The van der Waals surface area contributed by atoms with Gasteiger partial charge in [-0.05, 0) is 38.8 Å². The van der Waals surface area contributed by atoms with Crippen molar-refractivity contribution in [1.82, 2.24) is 10.2 Å². The van der Waals surface area contributed by atoms with Crippen molar-refractivity contribution < 1.29 is 0 Å². The average molecular weight is 198 g/mol. The van der Waals surface area contributed by atoms with Crippen LogP contribution in [0.2, 0.25) is 0 Å². The van der Waals surface area contributed by atoms with E-state index in [1.54, 1.807) is 0 Å². The highest BCUT2D eigenvalue weighted by Crippen LogP contribution is 2.18. The second-order valence-electron chi connectivity index (χ2n) is 6.44. The summed E-state index contributed by atoms with van der Waals surface area (Å²) in [5, 5.41) is 3.59. The van der Waals surface area contributed by atoms with E-state index in [9.17, 15) is 0 Å². The summed E-state index contributed by atoms with van der Waals surface area (Å²) in [7, 11) is 0. The summed E-state index contributed by atoms with van der Waals surface area (Å²) in [5.74, 6) is 0. The summed E-state index contributed by atoms with van der Waals surface area (Å²) in [5.41, 5.74) is 0.697. The molecule has 0 aromatic heterocycles. The van der Waals surface area contributed by atoms with E-state index < -0.39 is 0 Å². The van der Waals surface area contributed by atoms with Crippen molar-refractivity contribution in [3.8, 4) is 0 Å². The Labute approximate surface area is 89.1 Å². The molecule has 1 heterocycles. The molecule has 1 fully saturated rings. The van der Waals surface area contributed by atoms with Gasteiger partial charge in [0.1, 0.15) is 0 Å². The predicted octanol–water partition coefficient (Wildman–Crippen LogP) is 2.11. The SMILES string of the molecule is CC(C)(C)CN1CCCNC(C)(C)C1. The first kappa shape index (κ1) is 12.0. The van der Waals surface area contributed by atoms with Crippen LogP contribution >= 0.6 is 0 Å². The molecule has 2 nitrogen and oxygen atoms in total. The quantitative estimate of drug-likeness (QED) is 0.694. The van der Waals surface area contributed by atoms with Crippen LogP contribution < -0.4 is 5.32 Å². The summed E-state index contributed by atoms with van der Waals surface area (Å²) in [4.78, 5) is 2.60. The Morgan fingerprint density at radius 2 is 1.93 bits per heavy atom. The van der Waals surface area contributed by atoms with Crippen molar-refractivity contribution in [3.63, 3.8) is 0 Å². The van der Waals surface area contributed by atoms with Crippen molar-refractivity contribution in [2.24, 2.45) is 5.41 Å². The molecule has 0 spiro atoms. The van der Waals surface area contributed by atoms with Crippen molar-refractivity contribution in [3.05, 3.63) is 0 Å². The third-order valence-electron chi connectivity index (χ3n) is 2.57. The third-order valence-corrected chi connectivity index (χ3v) is 2.57. The van der Waals surface area contributed by atoms with Crippen molar-refractivity contribution in [2.45, 2.75) is 46.6 Å². The zero-order valence-corrected chi connectivity index (χ0v) is 10.5. The fourth-order valence-corrected chi connectivity index (χ4v) is 2.23. The van der Waals surface area contributed by atoms with E-state index >= 15 is 0 Å². The Balaban J connectivity index is 2.52. The molecule has 0 atom stereocenters. The first-order valence-corrected chi connectivity index (χ1v) is 5.76. The van der Waals surface area contributed by atoms with Crippen molar-refractivity contribution in [1.29, 1.82) is 0 Å². The second-order valence-corrected chi connectivity index (χ2v) is 6.44. The molecule has 0 amide bonds. The van der Waals surface area contributed by atoms with E-state index in [1.807, 2.05) is 0 Å². The first-order chi connectivity index (χ1) is 6.29. The molecule has 1 aliphatic heterocycles. The molecule has 1 aliphatic rings. The summed E-state index contributed by atoms with van der Waals surface area (Å²) < 4.78 is 0. The van der Waals surface area contributed by atoms with E-state index in [0.717, 1.165) is 6.54 Å². The van der Waals surface area contributed by atoms with Crippen LogP contribution in [0.15, 0.2) is 0 Å². The maximum absolute atomic E-state index is 3.59. The Bertz CT molecular complexity index is 179. The lowest BCUT2D eigenvalue weighted by atomic mass is 9.95. The minimum Gasteiger partial charge on any atom is -0.310 e. The Morgan fingerprint density at radius 1 is 1.29 bits per heavy atom. The predicted molar refractivity (Wildman–Crippen MR) is 62.6 cm³/mol. The zero-order chi connectivity index (χ0) is 10.8. The molecule has 1 N–H and O–H groups in total. The number of nitrogens with one attached hydrogen (secondary N) is 1. The first-order valence-electron chi connectivity index (χ1n) is 5.76. The van der Waals surface area contributed by atoms with Crippen LogP contribution in [0.4, 0.5) is 0 Å². The van der Waals surface area contributed by atoms with Gasteiger partial charge >= 0.3 is 0 Å². The molecule has 2 heteroatoms. The van der Waals surface area contributed by atoms with Gasteiger partial charge in [0.2, 0.25) is 0 Å². The van der Waals surface area contributed by atoms with Crippen LogP contribution in [-0.4, -0.2) is 36.6 Å². The van der Waals surface area contributed by atoms with Crippen molar-refractivity contribution >= 4 is 0 Å². The molecular weight excluding hydrogens is 172 g/mol. The number of rotatable bonds is 1.